The van der Waals surface area contributed by atoms with Crippen LogP contribution in [0, 0.1) is 11.8 Å². The number of carbonyl (C=O) groups excluding carboxylic acids is 1. The van der Waals surface area contributed by atoms with Crippen LogP contribution in [0.2, 0.25) is 5.02 Å². The highest BCUT2D eigenvalue weighted by Crippen LogP contribution is 2.22. The van der Waals surface area contributed by atoms with E-state index in [9.17, 15) is 4.79 Å². The molecule has 0 atom stereocenters. The van der Waals surface area contributed by atoms with E-state index in [0.717, 1.165) is 15.6 Å². The number of alkyl carbamates (subject to hydrolysis) is 1. The van der Waals surface area contributed by atoms with Crippen LogP contribution in [0.5, 0.6) is 0 Å². The fourth-order valence-electron chi connectivity index (χ4n) is 1.61. The Morgan fingerprint density at radius 1 is 1.23 bits per heavy atom. The maximum Gasteiger partial charge on any atom is 0.408 e. The van der Waals surface area contributed by atoms with Crippen LogP contribution in [-0.2, 0) is 11.3 Å². The van der Waals surface area contributed by atoms with Crippen molar-refractivity contribution in [1.29, 1.82) is 0 Å². The van der Waals surface area contributed by atoms with Crippen LogP contribution < -0.4 is 5.32 Å². The van der Waals surface area contributed by atoms with E-state index in [0.29, 0.717) is 5.02 Å². The first-order chi connectivity index (χ1) is 10.6. The quantitative estimate of drug-likeness (QED) is 0.805. The Morgan fingerprint density at radius 2 is 2.00 bits per heavy atom. The average molecular weight is 379 g/mol. The molecule has 0 aliphatic rings. The van der Waals surface area contributed by atoms with Crippen LogP contribution in [0.4, 0.5) is 4.79 Å². The lowest BCUT2D eigenvalue weighted by atomic mass is 10.2. The molecule has 2 aromatic rings. The minimum absolute atomic E-state index is 0.216. The number of hydrogen-bond donors (Lipinski definition) is 1. The normalized spacial score (nSPS) is 9.55. The summed E-state index contributed by atoms with van der Waals surface area (Å²) in [4.78, 5) is 11.5. The van der Waals surface area contributed by atoms with Gasteiger partial charge in [0.15, 0.2) is 0 Å². The second-order valence-electron chi connectivity index (χ2n) is 4.35. The maximum atomic E-state index is 11.5. The molecule has 0 bridgehead atoms. The molecule has 0 aliphatic carbocycles. The van der Waals surface area contributed by atoms with E-state index in [1.54, 1.807) is 6.07 Å². The number of ether oxygens (including phenoxy) is 1. The number of amides is 1. The molecular weight excluding hydrogens is 366 g/mol. The highest BCUT2D eigenvalue weighted by molar-refractivity contribution is 9.10. The fraction of sp³-hybridized carbons (Fsp3) is 0.118. The summed E-state index contributed by atoms with van der Waals surface area (Å²) in [6.45, 7) is 0.456. The van der Waals surface area contributed by atoms with Crippen molar-refractivity contribution < 1.29 is 9.53 Å². The lowest BCUT2D eigenvalue weighted by molar-refractivity contribution is 0.141. The van der Waals surface area contributed by atoms with Crippen molar-refractivity contribution in [2.45, 2.75) is 6.61 Å². The smallest absolute Gasteiger partial charge is 0.408 e. The lowest BCUT2D eigenvalue weighted by Gasteiger charge is -2.04. The Labute approximate surface area is 142 Å². The van der Waals surface area contributed by atoms with Crippen LogP contribution in [0.25, 0.3) is 0 Å². The second kappa shape index (κ2) is 8.47. The first kappa shape index (κ1) is 16.4. The standard InChI is InChI=1S/C17H13BrClNO2/c18-15-11-13(8-9-16(15)19)7-4-10-20-17(21)22-12-14-5-2-1-3-6-14/h1-3,5-6,8-9,11H,10,12H2,(H,20,21). The summed E-state index contributed by atoms with van der Waals surface area (Å²) in [6, 6.07) is 14.9. The monoisotopic (exact) mass is 377 g/mol. The van der Waals surface area contributed by atoms with Crippen molar-refractivity contribution in [2.75, 3.05) is 6.54 Å². The molecule has 0 saturated heterocycles. The van der Waals surface area contributed by atoms with E-state index in [4.69, 9.17) is 16.3 Å². The van der Waals surface area contributed by atoms with Gasteiger partial charge in [-0.2, -0.15) is 0 Å². The molecular formula is C17H13BrClNO2. The number of rotatable bonds is 3. The third kappa shape index (κ3) is 5.44. The molecule has 0 radical (unpaired) electrons. The third-order valence-corrected chi connectivity index (χ3v) is 3.90. The summed E-state index contributed by atoms with van der Waals surface area (Å²) in [6.07, 6.45) is -0.490. The van der Waals surface area contributed by atoms with E-state index in [1.165, 1.54) is 0 Å². The zero-order valence-electron chi connectivity index (χ0n) is 11.6. The number of hydrogen-bond acceptors (Lipinski definition) is 2. The number of nitrogens with one attached hydrogen (secondary N) is 1. The summed E-state index contributed by atoms with van der Waals surface area (Å²) < 4.78 is 5.86. The van der Waals surface area contributed by atoms with Crippen LogP contribution in [0.1, 0.15) is 11.1 Å². The van der Waals surface area contributed by atoms with Gasteiger partial charge in [-0.05, 0) is 39.7 Å². The Balaban J connectivity index is 1.75. The zero-order valence-corrected chi connectivity index (χ0v) is 13.9. The molecule has 0 aromatic heterocycles. The van der Waals surface area contributed by atoms with Crippen molar-refractivity contribution in [1.82, 2.24) is 5.32 Å². The topological polar surface area (TPSA) is 38.3 Å². The molecule has 0 spiro atoms. The predicted octanol–water partition coefficient (Wildman–Crippen LogP) is 4.38. The third-order valence-electron chi connectivity index (χ3n) is 2.69. The van der Waals surface area contributed by atoms with E-state index in [-0.39, 0.29) is 13.2 Å². The summed E-state index contributed by atoms with van der Waals surface area (Å²) in [5, 5.41) is 3.21. The number of carbonyl (C=O) groups is 1. The molecule has 1 N–H and O–H groups in total. The average Bonchev–Trinajstić information content (AvgIpc) is 2.54. The largest absolute Gasteiger partial charge is 0.445 e. The van der Waals surface area contributed by atoms with Gasteiger partial charge in [-0.3, -0.25) is 0 Å². The van der Waals surface area contributed by atoms with Gasteiger partial charge >= 0.3 is 6.09 Å². The Kier molecular flexibility index (Phi) is 6.32. The van der Waals surface area contributed by atoms with E-state index in [2.05, 4.69) is 33.1 Å². The molecule has 112 valence electrons. The Morgan fingerprint density at radius 3 is 2.73 bits per heavy atom. The molecule has 22 heavy (non-hydrogen) atoms. The maximum absolute atomic E-state index is 11.5. The predicted molar refractivity (Wildman–Crippen MR) is 90.7 cm³/mol. The molecule has 0 saturated carbocycles. The molecule has 2 rings (SSSR count). The summed E-state index contributed by atoms with van der Waals surface area (Å²) >= 11 is 9.23. The molecule has 0 unspecified atom stereocenters. The molecule has 3 nitrogen and oxygen atoms in total. The van der Waals surface area contributed by atoms with Gasteiger partial charge in [0, 0.05) is 10.0 Å². The SMILES string of the molecule is O=C(NCC#Cc1ccc(Cl)c(Br)c1)OCc1ccccc1. The van der Waals surface area contributed by atoms with Crippen LogP contribution in [0.3, 0.4) is 0 Å². The molecule has 0 aliphatic heterocycles. The van der Waals surface area contributed by atoms with Crippen molar-refractivity contribution in [3.05, 3.63) is 69.2 Å². The van der Waals surface area contributed by atoms with Crippen molar-refractivity contribution in [3.8, 4) is 11.8 Å². The molecule has 5 heteroatoms. The highest BCUT2D eigenvalue weighted by Gasteiger charge is 2.00. The van der Waals surface area contributed by atoms with Crippen LogP contribution >= 0.6 is 27.5 Å². The van der Waals surface area contributed by atoms with E-state index in [1.807, 2.05) is 42.5 Å². The van der Waals surface area contributed by atoms with Gasteiger partial charge < -0.3 is 10.1 Å². The highest BCUT2D eigenvalue weighted by atomic mass is 79.9. The van der Waals surface area contributed by atoms with Gasteiger partial charge in [0.2, 0.25) is 0 Å². The number of halogens is 2. The summed E-state index contributed by atoms with van der Waals surface area (Å²) in [5.74, 6) is 5.78. The van der Waals surface area contributed by atoms with Gasteiger partial charge in [0.05, 0.1) is 11.6 Å². The first-order valence-corrected chi connectivity index (χ1v) is 7.71. The van der Waals surface area contributed by atoms with Crippen molar-refractivity contribution in [3.63, 3.8) is 0 Å². The van der Waals surface area contributed by atoms with E-state index < -0.39 is 6.09 Å². The van der Waals surface area contributed by atoms with Crippen LogP contribution in [-0.4, -0.2) is 12.6 Å². The Hall–Kier alpha value is -1.96. The van der Waals surface area contributed by atoms with Crippen molar-refractivity contribution in [2.24, 2.45) is 0 Å². The molecule has 0 heterocycles. The minimum Gasteiger partial charge on any atom is -0.445 e. The Bertz CT molecular complexity index is 708. The molecule has 0 fully saturated rings. The first-order valence-electron chi connectivity index (χ1n) is 6.53. The molecule has 2 aromatic carbocycles. The van der Waals surface area contributed by atoms with Gasteiger partial charge in [-0.1, -0.05) is 53.8 Å². The summed E-state index contributed by atoms with van der Waals surface area (Å²) in [5.41, 5.74) is 1.76. The lowest BCUT2D eigenvalue weighted by Crippen LogP contribution is -2.24. The second-order valence-corrected chi connectivity index (χ2v) is 5.61. The van der Waals surface area contributed by atoms with Crippen molar-refractivity contribution >= 4 is 33.6 Å². The van der Waals surface area contributed by atoms with Gasteiger partial charge in [-0.25, -0.2) is 4.79 Å². The summed E-state index contributed by atoms with van der Waals surface area (Å²) in [7, 11) is 0. The fourth-order valence-corrected chi connectivity index (χ4v) is 2.11. The zero-order chi connectivity index (χ0) is 15.8. The van der Waals surface area contributed by atoms with E-state index >= 15 is 0 Å². The number of benzene rings is 2. The minimum atomic E-state index is -0.490. The molecule has 1 amide bonds. The van der Waals surface area contributed by atoms with Gasteiger partial charge in [0.25, 0.3) is 0 Å². The van der Waals surface area contributed by atoms with Crippen LogP contribution in [0.15, 0.2) is 53.0 Å². The van der Waals surface area contributed by atoms with Gasteiger partial charge in [0.1, 0.15) is 6.61 Å². The van der Waals surface area contributed by atoms with Gasteiger partial charge in [-0.15, -0.1) is 0 Å².